The summed E-state index contributed by atoms with van der Waals surface area (Å²) in [6, 6.07) is 5.27. The maximum atomic E-state index is 14.1. The van der Waals surface area contributed by atoms with Gasteiger partial charge in [0.2, 0.25) is 5.91 Å². The second-order valence-corrected chi connectivity index (χ2v) is 9.27. The summed E-state index contributed by atoms with van der Waals surface area (Å²) < 4.78 is 53.6. The Kier molecular flexibility index (Phi) is 7.51. The number of halogens is 5. The van der Waals surface area contributed by atoms with Gasteiger partial charge in [-0.1, -0.05) is 11.6 Å². The van der Waals surface area contributed by atoms with Crippen LogP contribution in [0.25, 0.3) is 5.52 Å². The van der Waals surface area contributed by atoms with Crippen molar-refractivity contribution in [2.24, 2.45) is 5.73 Å². The van der Waals surface area contributed by atoms with Crippen LogP contribution in [0.4, 0.5) is 17.6 Å². The summed E-state index contributed by atoms with van der Waals surface area (Å²) in [5.41, 5.74) is 7.26. The van der Waals surface area contributed by atoms with Gasteiger partial charge in [0.15, 0.2) is 0 Å². The number of imidazole rings is 1. The lowest BCUT2D eigenvalue weighted by Gasteiger charge is -2.39. The molecule has 1 fully saturated rings. The van der Waals surface area contributed by atoms with Crippen LogP contribution in [-0.4, -0.2) is 57.4 Å². The van der Waals surface area contributed by atoms with Crippen molar-refractivity contribution in [1.29, 1.82) is 0 Å². The van der Waals surface area contributed by atoms with Gasteiger partial charge in [0.25, 0.3) is 5.91 Å². The molecule has 1 aliphatic rings. The lowest BCUT2D eigenvalue weighted by Crippen LogP contribution is -2.56. The highest BCUT2D eigenvalue weighted by Gasteiger charge is 2.36. The number of aromatic nitrogens is 2. The van der Waals surface area contributed by atoms with Crippen LogP contribution in [-0.2, 0) is 4.79 Å². The van der Waals surface area contributed by atoms with Gasteiger partial charge >= 0.3 is 6.18 Å². The number of piperidine rings is 1. The first kappa shape index (κ1) is 25.9. The van der Waals surface area contributed by atoms with E-state index in [1.54, 1.807) is 46.2 Å². The van der Waals surface area contributed by atoms with E-state index in [0.717, 1.165) is 6.07 Å². The van der Waals surface area contributed by atoms with Crippen molar-refractivity contribution in [1.82, 2.24) is 19.6 Å². The average Bonchev–Trinajstić information content (AvgIpc) is 3.30. The maximum Gasteiger partial charge on any atom is 0.389 e. The minimum atomic E-state index is -4.44. The molecule has 3 atom stereocenters. The van der Waals surface area contributed by atoms with Gasteiger partial charge in [0, 0.05) is 36.6 Å². The van der Waals surface area contributed by atoms with Crippen LogP contribution in [0.2, 0.25) is 5.02 Å². The van der Waals surface area contributed by atoms with Crippen LogP contribution < -0.4 is 11.1 Å². The lowest BCUT2D eigenvalue weighted by molar-refractivity contribution is -0.138. The Morgan fingerprint density at radius 1 is 1.28 bits per heavy atom. The first-order chi connectivity index (χ1) is 17.0. The largest absolute Gasteiger partial charge is 0.389 e. The van der Waals surface area contributed by atoms with Gasteiger partial charge in [-0.05, 0) is 48.7 Å². The Morgan fingerprint density at radius 2 is 2.06 bits per heavy atom. The number of hydrogen-bond donors (Lipinski definition) is 2. The SMILES string of the molecule is N[C@H](CCC(F)(F)F)C(=O)N[C@@H]1CN(C(=O)c2cccn3cncc23)CC[C@H]1c1cc(F)cc(Cl)c1. The van der Waals surface area contributed by atoms with Crippen LogP contribution in [0.3, 0.4) is 0 Å². The normalized spacial score (nSPS) is 19.3. The number of carbonyl (C=O) groups excluding carboxylic acids is 2. The number of alkyl halides is 3. The Bertz CT molecular complexity index is 1240. The number of pyridine rings is 1. The number of nitrogens with one attached hydrogen (secondary N) is 1. The molecular formula is C24H24ClF4N5O2. The van der Waals surface area contributed by atoms with Gasteiger partial charge < -0.3 is 20.4 Å². The minimum absolute atomic E-state index is 0.0462. The quantitative estimate of drug-likeness (QED) is 0.477. The molecule has 3 N–H and O–H groups in total. The Morgan fingerprint density at radius 3 is 2.78 bits per heavy atom. The summed E-state index contributed by atoms with van der Waals surface area (Å²) in [6.45, 7) is 0.351. The van der Waals surface area contributed by atoms with Gasteiger partial charge in [-0.15, -0.1) is 0 Å². The molecule has 4 rings (SSSR count). The highest BCUT2D eigenvalue weighted by Crippen LogP contribution is 2.32. The third kappa shape index (κ3) is 5.96. The maximum absolute atomic E-state index is 14.1. The molecule has 3 aromatic rings. The van der Waals surface area contributed by atoms with Gasteiger partial charge in [0.05, 0.1) is 35.7 Å². The van der Waals surface area contributed by atoms with Crippen molar-refractivity contribution >= 4 is 28.9 Å². The molecule has 1 saturated heterocycles. The fourth-order valence-electron chi connectivity index (χ4n) is 4.51. The third-order valence-corrected chi connectivity index (χ3v) is 6.52. The van der Waals surface area contributed by atoms with Crippen molar-refractivity contribution in [2.45, 2.75) is 43.4 Å². The van der Waals surface area contributed by atoms with E-state index in [2.05, 4.69) is 10.3 Å². The Hall–Kier alpha value is -3.18. The Labute approximate surface area is 209 Å². The Balaban J connectivity index is 1.57. The van der Waals surface area contributed by atoms with E-state index in [1.165, 1.54) is 6.07 Å². The van der Waals surface area contributed by atoms with Crippen LogP contribution in [0.15, 0.2) is 49.1 Å². The second kappa shape index (κ2) is 10.4. The van der Waals surface area contributed by atoms with Crippen LogP contribution >= 0.6 is 11.6 Å². The van der Waals surface area contributed by atoms with E-state index < -0.39 is 48.7 Å². The number of hydrogen-bond acceptors (Lipinski definition) is 4. The van der Waals surface area contributed by atoms with Crippen LogP contribution in [0.1, 0.15) is 41.1 Å². The van der Waals surface area contributed by atoms with E-state index in [9.17, 15) is 27.2 Å². The fraction of sp³-hybridized carbons (Fsp3) is 0.375. The first-order valence-electron chi connectivity index (χ1n) is 11.3. The van der Waals surface area contributed by atoms with Gasteiger partial charge in [-0.25, -0.2) is 9.37 Å². The zero-order valence-electron chi connectivity index (χ0n) is 19.0. The summed E-state index contributed by atoms with van der Waals surface area (Å²) in [5, 5.41) is 2.87. The van der Waals surface area contributed by atoms with Gasteiger partial charge in [-0.2, -0.15) is 13.2 Å². The van der Waals surface area contributed by atoms with Crippen molar-refractivity contribution < 1.29 is 27.2 Å². The number of benzene rings is 1. The molecule has 0 bridgehead atoms. The molecule has 0 saturated carbocycles. The third-order valence-electron chi connectivity index (χ3n) is 6.30. The molecule has 1 aromatic carbocycles. The molecule has 36 heavy (non-hydrogen) atoms. The summed E-state index contributed by atoms with van der Waals surface area (Å²) in [4.78, 5) is 31.7. The monoisotopic (exact) mass is 525 g/mol. The zero-order chi connectivity index (χ0) is 26.0. The van der Waals surface area contributed by atoms with E-state index in [0.29, 0.717) is 29.6 Å². The molecule has 3 heterocycles. The van der Waals surface area contributed by atoms with Crippen molar-refractivity contribution in [3.63, 3.8) is 0 Å². The summed E-state index contributed by atoms with van der Waals surface area (Å²) in [7, 11) is 0. The van der Waals surface area contributed by atoms with Crippen LogP contribution in [0, 0.1) is 5.82 Å². The molecule has 0 radical (unpaired) electrons. The number of fused-ring (bicyclic) bond motifs is 1. The van der Waals surface area contributed by atoms with Crippen LogP contribution in [0.5, 0.6) is 0 Å². The number of carbonyl (C=O) groups is 2. The van der Waals surface area contributed by atoms with Crippen molar-refractivity contribution in [2.75, 3.05) is 13.1 Å². The summed E-state index contributed by atoms with van der Waals surface area (Å²) in [5.74, 6) is -2.07. The first-order valence-corrected chi connectivity index (χ1v) is 11.7. The molecule has 0 aliphatic carbocycles. The van der Waals surface area contributed by atoms with E-state index in [1.807, 2.05) is 0 Å². The zero-order valence-corrected chi connectivity index (χ0v) is 19.8. The minimum Gasteiger partial charge on any atom is -0.350 e. The number of rotatable bonds is 6. The van der Waals surface area contributed by atoms with E-state index in [-0.39, 0.29) is 17.5 Å². The molecule has 2 amide bonds. The molecule has 7 nitrogen and oxygen atoms in total. The van der Waals surface area contributed by atoms with Gasteiger partial charge in [0.1, 0.15) is 5.82 Å². The smallest absolute Gasteiger partial charge is 0.350 e. The van der Waals surface area contributed by atoms with Crippen molar-refractivity contribution in [3.8, 4) is 0 Å². The van der Waals surface area contributed by atoms with E-state index in [4.69, 9.17) is 17.3 Å². The van der Waals surface area contributed by atoms with Crippen molar-refractivity contribution in [3.05, 3.63) is 71.0 Å². The molecular weight excluding hydrogens is 502 g/mol. The molecule has 2 aromatic heterocycles. The molecule has 0 unspecified atom stereocenters. The second-order valence-electron chi connectivity index (χ2n) is 8.83. The number of nitrogens with zero attached hydrogens (tertiary/aromatic N) is 3. The number of amides is 2. The summed E-state index contributed by atoms with van der Waals surface area (Å²) >= 11 is 6.03. The number of nitrogens with two attached hydrogens (primary N) is 1. The molecule has 192 valence electrons. The highest BCUT2D eigenvalue weighted by molar-refractivity contribution is 6.30. The fourth-order valence-corrected chi connectivity index (χ4v) is 4.74. The predicted octanol–water partition coefficient (Wildman–Crippen LogP) is 3.91. The average molecular weight is 526 g/mol. The molecule has 1 aliphatic heterocycles. The predicted molar refractivity (Wildman–Crippen MR) is 125 cm³/mol. The summed E-state index contributed by atoms with van der Waals surface area (Å²) in [6.07, 6.45) is -0.979. The van der Waals surface area contributed by atoms with E-state index >= 15 is 0 Å². The molecule has 0 spiro atoms. The highest BCUT2D eigenvalue weighted by atomic mass is 35.5. The topological polar surface area (TPSA) is 92.7 Å². The standard InChI is InChI=1S/C24H24ClF4N5O2/c25-15-8-14(9-16(26)10-15)17-4-7-33(23(36)18-2-1-6-34-13-31-11-21(18)34)12-20(17)32-22(35)19(30)3-5-24(27,28)29/h1-2,6,8-11,13,17,19-20H,3-5,7,12,30H2,(H,32,35)/t17-,19+,20+/m0/s1. The number of likely N-dealkylation sites (tertiary alicyclic amines) is 1. The molecule has 12 heteroatoms. The van der Waals surface area contributed by atoms with Gasteiger partial charge in [-0.3, -0.25) is 9.59 Å². The lowest BCUT2D eigenvalue weighted by atomic mass is 9.84.